The number of amides is 1. The van der Waals surface area contributed by atoms with Gasteiger partial charge in [-0.25, -0.2) is 4.79 Å². The van der Waals surface area contributed by atoms with Crippen molar-refractivity contribution in [2.45, 2.75) is 51.5 Å². The number of rotatable bonds is 3. The van der Waals surface area contributed by atoms with E-state index in [1.54, 1.807) is 20.8 Å². The summed E-state index contributed by atoms with van der Waals surface area (Å²) in [6, 6.07) is -0.732. The first kappa shape index (κ1) is 15.2. The summed E-state index contributed by atoms with van der Waals surface area (Å²) >= 11 is 0. The van der Waals surface area contributed by atoms with Gasteiger partial charge in [0, 0.05) is 6.04 Å². The van der Waals surface area contributed by atoms with E-state index in [2.05, 4.69) is 5.32 Å². The molecular weight excluding hydrogens is 234 g/mol. The molecule has 0 aliphatic carbocycles. The highest BCUT2D eigenvalue weighted by Gasteiger charge is 2.27. The molecule has 0 bridgehead atoms. The third-order valence-electron chi connectivity index (χ3n) is 1.92. The summed E-state index contributed by atoms with van der Waals surface area (Å²) in [5.74, 6) is 0. The highest BCUT2D eigenvalue weighted by atomic mass is 32.2. The van der Waals surface area contributed by atoms with Gasteiger partial charge in [-0.2, -0.15) is 8.42 Å². The molecule has 0 aromatic rings. The fourth-order valence-electron chi connectivity index (χ4n) is 0.869. The van der Waals surface area contributed by atoms with Gasteiger partial charge in [-0.15, -0.1) is 0 Å². The minimum Gasteiger partial charge on any atom is -0.444 e. The Labute approximate surface area is 96.1 Å². The van der Waals surface area contributed by atoms with Crippen molar-refractivity contribution in [2.75, 3.05) is 0 Å². The van der Waals surface area contributed by atoms with Gasteiger partial charge in [0.2, 0.25) is 0 Å². The molecule has 0 spiro atoms. The van der Waals surface area contributed by atoms with E-state index in [-0.39, 0.29) is 0 Å². The number of ether oxygens (including phenoxy) is 1. The van der Waals surface area contributed by atoms with Crippen LogP contribution in [0.3, 0.4) is 0 Å². The van der Waals surface area contributed by atoms with Crippen molar-refractivity contribution in [3.8, 4) is 0 Å². The second-order valence-electron chi connectivity index (χ2n) is 4.65. The molecule has 0 aliphatic rings. The van der Waals surface area contributed by atoms with E-state index in [0.29, 0.717) is 0 Å². The first-order valence-corrected chi connectivity index (χ1v) is 6.39. The molecule has 0 aromatic heterocycles. The van der Waals surface area contributed by atoms with Gasteiger partial charge in [0.15, 0.2) is 0 Å². The van der Waals surface area contributed by atoms with Crippen molar-refractivity contribution in [2.24, 2.45) is 0 Å². The number of hydrogen-bond acceptors (Lipinski definition) is 4. The number of nitrogens with one attached hydrogen (secondary N) is 1. The molecule has 0 aromatic carbocycles. The summed E-state index contributed by atoms with van der Waals surface area (Å²) in [6.07, 6.45) is -0.712. The molecule has 0 radical (unpaired) electrons. The normalized spacial score (nSPS) is 16.4. The Morgan fingerprint density at radius 1 is 1.31 bits per heavy atom. The maximum absolute atomic E-state index is 11.3. The monoisotopic (exact) mass is 253 g/mol. The van der Waals surface area contributed by atoms with Crippen molar-refractivity contribution in [1.29, 1.82) is 0 Å². The predicted octanol–water partition coefficient (Wildman–Crippen LogP) is 1.18. The summed E-state index contributed by atoms with van der Waals surface area (Å²) in [5, 5.41) is 1.26. The van der Waals surface area contributed by atoms with Crippen LogP contribution in [0.2, 0.25) is 0 Å². The average Bonchev–Trinajstić information content (AvgIpc) is 1.96. The van der Waals surface area contributed by atoms with Crippen molar-refractivity contribution < 1.29 is 22.5 Å². The van der Waals surface area contributed by atoms with E-state index in [4.69, 9.17) is 9.29 Å². The quantitative estimate of drug-likeness (QED) is 0.737. The van der Waals surface area contributed by atoms with Crippen LogP contribution in [0.5, 0.6) is 0 Å². The maximum Gasteiger partial charge on any atom is 0.407 e. The van der Waals surface area contributed by atoms with Gasteiger partial charge in [0.1, 0.15) is 10.9 Å². The topological polar surface area (TPSA) is 92.7 Å². The summed E-state index contributed by atoms with van der Waals surface area (Å²) in [5.41, 5.74) is -0.648. The van der Waals surface area contributed by atoms with Gasteiger partial charge in [-0.05, 0) is 34.6 Å². The molecule has 0 fully saturated rings. The van der Waals surface area contributed by atoms with Gasteiger partial charge in [0.05, 0.1) is 0 Å². The fraction of sp³-hybridized carbons (Fsp3) is 0.889. The number of alkyl carbamates (subject to hydrolysis) is 1. The zero-order valence-corrected chi connectivity index (χ0v) is 11.0. The van der Waals surface area contributed by atoms with E-state index in [9.17, 15) is 13.2 Å². The number of carbonyl (C=O) groups excluding carboxylic acids is 1. The third-order valence-corrected chi connectivity index (χ3v) is 3.27. The van der Waals surface area contributed by atoms with E-state index >= 15 is 0 Å². The Balaban J connectivity index is 4.37. The molecule has 0 rings (SSSR count). The summed E-state index contributed by atoms with van der Waals surface area (Å²) in [4.78, 5) is 11.3. The Kier molecular flexibility index (Phi) is 4.75. The van der Waals surface area contributed by atoms with Gasteiger partial charge >= 0.3 is 6.09 Å². The molecule has 7 heteroatoms. The number of carbonyl (C=O) groups is 1. The molecule has 96 valence electrons. The highest BCUT2D eigenvalue weighted by molar-refractivity contribution is 7.86. The third kappa shape index (κ3) is 5.92. The van der Waals surface area contributed by atoms with Crippen molar-refractivity contribution in [3.05, 3.63) is 0 Å². The first-order valence-electron chi connectivity index (χ1n) is 4.89. The van der Waals surface area contributed by atoms with Gasteiger partial charge < -0.3 is 10.1 Å². The molecule has 0 saturated carbocycles. The second kappa shape index (κ2) is 5.01. The van der Waals surface area contributed by atoms with Crippen molar-refractivity contribution in [3.63, 3.8) is 0 Å². The molecule has 0 aliphatic heterocycles. The van der Waals surface area contributed by atoms with Crippen LogP contribution in [-0.4, -0.2) is 36.0 Å². The van der Waals surface area contributed by atoms with Crippen LogP contribution in [0.25, 0.3) is 0 Å². The van der Waals surface area contributed by atoms with E-state index < -0.39 is 33.1 Å². The Morgan fingerprint density at radius 3 is 2.06 bits per heavy atom. The van der Waals surface area contributed by atoms with Crippen molar-refractivity contribution >= 4 is 16.2 Å². The van der Waals surface area contributed by atoms with Crippen LogP contribution in [-0.2, 0) is 14.9 Å². The van der Waals surface area contributed by atoms with Crippen LogP contribution in [0, 0.1) is 0 Å². The zero-order chi connectivity index (χ0) is 13.1. The molecule has 0 saturated heterocycles. The minimum atomic E-state index is -4.16. The smallest absolute Gasteiger partial charge is 0.407 e. The highest BCUT2D eigenvalue weighted by Crippen LogP contribution is 2.08. The molecule has 1 amide bonds. The standard InChI is InChI=1S/C9H19NO5S/c1-6(7(2)16(12,13)14)10-8(11)15-9(3,4)5/h6-7H,1-5H3,(H,10,11)(H,12,13,14)/t6-,7-/m0/s1. The molecule has 0 unspecified atom stereocenters. The molecule has 0 heterocycles. The Hall–Kier alpha value is -0.820. The van der Waals surface area contributed by atoms with Gasteiger partial charge in [0.25, 0.3) is 10.1 Å². The first-order chi connectivity index (χ1) is 6.93. The lowest BCUT2D eigenvalue weighted by molar-refractivity contribution is 0.0508. The number of hydrogen-bond donors (Lipinski definition) is 2. The SMILES string of the molecule is C[C@H](NC(=O)OC(C)(C)C)[C@H](C)S(=O)(=O)O. The maximum atomic E-state index is 11.3. The Bertz CT molecular complexity index is 343. The van der Waals surface area contributed by atoms with Gasteiger partial charge in [-0.1, -0.05) is 0 Å². The largest absolute Gasteiger partial charge is 0.444 e. The zero-order valence-electron chi connectivity index (χ0n) is 10.1. The minimum absolute atomic E-state index is 0.648. The van der Waals surface area contributed by atoms with E-state index in [1.165, 1.54) is 13.8 Å². The Morgan fingerprint density at radius 2 is 1.75 bits per heavy atom. The average molecular weight is 253 g/mol. The van der Waals surface area contributed by atoms with Crippen LogP contribution in [0.1, 0.15) is 34.6 Å². The lowest BCUT2D eigenvalue weighted by atomic mass is 10.2. The van der Waals surface area contributed by atoms with Crippen LogP contribution in [0.4, 0.5) is 4.79 Å². The molecule has 16 heavy (non-hydrogen) atoms. The lowest BCUT2D eigenvalue weighted by Crippen LogP contribution is -2.45. The van der Waals surface area contributed by atoms with Crippen molar-refractivity contribution in [1.82, 2.24) is 5.32 Å². The molecule has 2 atom stereocenters. The van der Waals surface area contributed by atoms with E-state index in [0.717, 1.165) is 0 Å². The van der Waals surface area contributed by atoms with Crippen LogP contribution in [0.15, 0.2) is 0 Å². The van der Waals surface area contributed by atoms with Crippen LogP contribution >= 0.6 is 0 Å². The fourth-order valence-corrected chi connectivity index (χ4v) is 1.45. The summed E-state index contributed by atoms with van der Waals surface area (Å²) in [7, 11) is -4.16. The molecule has 2 N–H and O–H groups in total. The summed E-state index contributed by atoms with van der Waals surface area (Å²) < 4.78 is 35.3. The molecule has 6 nitrogen and oxygen atoms in total. The van der Waals surface area contributed by atoms with E-state index in [1.807, 2.05) is 0 Å². The summed E-state index contributed by atoms with van der Waals surface area (Å²) in [6.45, 7) is 7.87. The lowest BCUT2D eigenvalue weighted by Gasteiger charge is -2.23. The second-order valence-corrected chi connectivity index (χ2v) is 6.43. The molecular formula is C9H19NO5S. The van der Waals surface area contributed by atoms with Crippen LogP contribution < -0.4 is 5.32 Å². The van der Waals surface area contributed by atoms with Gasteiger partial charge in [-0.3, -0.25) is 4.55 Å². The predicted molar refractivity (Wildman–Crippen MR) is 59.8 cm³/mol.